The molecule has 0 radical (unpaired) electrons. The summed E-state index contributed by atoms with van der Waals surface area (Å²) in [6, 6.07) is 1.91. The van der Waals surface area contributed by atoms with E-state index < -0.39 is 5.60 Å². The van der Waals surface area contributed by atoms with Gasteiger partial charge in [0.05, 0.1) is 10.8 Å². The van der Waals surface area contributed by atoms with Crippen molar-refractivity contribution in [1.29, 1.82) is 0 Å². The topological polar surface area (TPSA) is 79.0 Å². The van der Waals surface area contributed by atoms with Gasteiger partial charge in [-0.15, -0.1) is 11.3 Å². The molecule has 2 atom stereocenters. The van der Waals surface area contributed by atoms with Gasteiger partial charge in [0.1, 0.15) is 5.60 Å². The van der Waals surface area contributed by atoms with Crippen LogP contribution in [0.2, 0.25) is 0 Å². The van der Waals surface area contributed by atoms with Gasteiger partial charge in [-0.25, -0.2) is 4.79 Å². The average molecular weight is 436 g/mol. The number of nitrogens with zero attached hydrogens (tertiary/aromatic N) is 2. The zero-order valence-electron chi connectivity index (χ0n) is 18.4. The summed E-state index contributed by atoms with van der Waals surface area (Å²) in [6.07, 6.45) is 2.91. The molecule has 0 saturated carbocycles. The SMILES string of the molecule is Cc1ccsc1C(=O)N1CCCC(NC(=O)C2CCCN(C(=O)OC(C)(C)C)C2)C1. The number of piperidine rings is 2. The molecule has 30 heavy (non-hydrogen) atoms. The smallest absolute Gasteiger partial charge is 0.410 e. The summed E-state index contributed by atoms with van der Waals surface area (Å²) in [5, 5.41) is 5.07. The molecule has 2 aliphatic heterocycles. The Labute approximate surface area is 182 Å². The molecular weight excluding hydrogens is 402 g/mol. The average Bonchev–Trinajstić information content (AvgIpc) is 3.12. The number of amides is 3. The number of thiophene rings is 1. The van der Waals surface area contributed by atoms with E-state index in [9.17, 15) is 14.4 Å². The number of rotatable bonds is 3. The van der Waals surface area contributed by atoms with Crippen molar-refractivity contribution in [1.82, 2.24) is 15.1 Å². The largest absolute Gasteiger partial charge is 0.444 e. The molecule has 0 bridgehead atoms. The van der Waals surface area contributed by atoms with E-state index in [2.05, 4.69) is 5.32 Å². The van der Waals surface area contributed by atoms with E-state index in [1.807, 2.05) is 44.0 Å². The highest BCUT2D eigenvalue weighted by Gasteiger charge is 2.33. The standard InChI is InChI=1S/C22H33N3O4S/c1-15-9-12-30-18(15)20(27)24-10-6-8-17(14-24)23-19(26)16-7-5-11-25(13-16)21(28)29-22(2,3)4/h9,12,16-17H,5-8,10-11,13-14H2,1-4H3,(H,23,26). The van der Waals surface area contributed by atoms with E-state index in [0.29, 0.717) is 19.6 Å². The van der Waals surface area contributed by atoms with Gasteiger partial charge in [-0.05, 0) is 70.4 Å². The van der Waals surface area contributed by atoms with E-state index in [4.69, 9.17) is 4.74 Å². The van der Waals surface area contributed by atoms with Gasteiger partial charge in [-0.2, -0.15) is 0 Å². The summed E-state index contributed by atoms with van der Waals surface area (Å²) < 4.78 is 5.45. The first-order valence-electron chi connectivity index (χ1n) is 10.8. The zero-order chi connectivity index (χ0) is 21.9. The molecule has 3 amide bonds. The maximum absolute atomic E-state index is 12.9. The van der Waals surface area contributed by atoms with Crippen molar-refractivity contribution in [3.63, 3.8) is 0 Å². The van der Waals surface area contributed by atoms with Crippen molar-refractivity contribution in [3.8, 4) is 0 Å². The van der Waals surface area contributed by atoms with Gasteiger partial charge in [0.15, 0.2) is 0 Å². The third-order valence-corrected chi connectivity index (χ3v) is 6.56. The number of hydrogen-bond acceptors (Lipinski definition) is 5. The first-order chi connectivity index (χ1) is 14.1. The lowest BCUT2D eigenvalue weighted by molar-refractivity contribution is -0.127. The first kappa shape index (κ1) is 22.6. The second-order valence-electron chi connectivity index (χ2n) is 9.30. The molecule has 2 aliphatic rings. The molecule has 1 aromatic rings. The molecule has 2 unspecified atom stereocenters. The highest BCUT2D eigenvalue weighted by molar-refractivity contribution is 7.12. The summed E-state index contributed by atoms with van der Waals surface area (Å²) in [4.78, 5) is 42.3. The monoisotopic (exact) mass is 435 g/mol. The van der Waals surface area contributed by atoms with Crippen LogP contribution in [0, 0.1) is 12.8 Å². The highest BCUT2D eigenvalue weighted by Crippen LogP contribution is 2.22. The van der Waals surface area contributed by atoms with Gasteiger partial charge in [-0.3, -0.25) is 9.59 Å². The predicted octanol–water partition coefficient (Wildman–Crippen LogP) is 3.42. The maximum Gasteiger partial charge on any atom is 0.410 e. The molecular formula is C22H33N3O4S. The van der Waals surface area contributed by atoms with Gasteiger partial charge in [0, 0.05) is 32.2 Å². The number of carbonyl (C=O) groups excluding carboxylic acids is 3. The fourth-order valence-electron chi connectivity index (χ4n) is 4.02. The molecule has 2 fully saturated rings. The van der Waals surface area contributed by atoms with Crippen molar-refractivity contribution in [2.75, 3.05) is 26.2 Å². The van der Waals surface area contributed by atoms with E-state index in [-0.39, 0.29) is 29.9 Å². The summed E-state index contributed by atoms with van der Waals surface area (Å²) in [7, 11) is 0. The molecule has 0 spiro atoms. The Bertz CT molecular complexity index is 786. The van der Waals surface area contributed by atoms with Crippen molar-refractivity contribution < 1.29 is 19.1 Å². The molecule has 0 aliphatic carbocycles. The van der Waals surface area contributed by atoms with E-state index in [0.717, 1.165) is 42.7 Å². The fraction of sp³-hybridized carbons (Fsp3) is 0.682. The van der Waals surface area contributed by atoms with Gasteiger partial charge >= 0.3 is 6.09 Å². The summed E-state index contributed by atoms with van der Waals surface area (Å²) >= 11 is 1.47. The summed E-state index contributed by atoms with van der Waals surface area (Å²) in [5.74, 6) is -0.220. The van der Waals surface area contributed by atoms with Crippen LogP contribution in [0.15, 0.2) is 11.4 Å². The molecule has 2 saturated heterocycles. The van der Waals surface area contributed by atoms with E-state index in [1.54, 1.807) is 4.90 Å². The Hall–Kier alpha value is -2.09. The second-order valence-corrected chi connectivity index (χ2v) is 10.2. The van der Waals surface area contributed by atoms with Gasteiger partial charge in [0.25, 0.3) is 5.91 Å². The predicted molar refractivity (Wildman–Crippen MR) is 117 cm³/mol. The number of aryl methyl sites for hydroxylation is 1. The summed E-state index contributed by atoms with van der Waals surface area (Å²) in [6.45, 7) is 9.72. The Morgan fingerprint density at radius 1 is 1.10 bits per heavy atom. The molecule has 7 nitrogen and oxygen atoms in total. The molecule has 1 N–H and O–H groups in total. The number of ether oxygens (including phenoxy) is 1. The van der Waals surface area contributed by atoms with Gasteiger partial charge in [-0.1, -0.05) is 0 Å². The maximum atomic E-state index is 12.9. The van der Waals surface area contributed by atoms with Crippen LogP contribution in [0.5, 0.6) is 0 Å². The minimum atomic E-state index is -0.550. The fourth-order valence-corrected chi connectivity index (χ4v) is 4.91. The van der Waals surface area contributed by atoms with Crippen LogP contribution in [0.3, 0.4) is 0 Å². The van der Waals surface area contributed by atoms with Crippen LogP contribution in [0.4, 0.5) is 4.79 Å². The van der Waals surface area contributed by atoms with Crippen molar-refractivity contribution in [3.05, 3.63) is 21.9 Å². The summed E-state index contributed by atoms with van der Waals surface area (Å²) in [5.41, 5.74) is 0.450. The molecule has 0 aromatic carbocycles. The van der Waals surface area contributed by atoms with Gasteiger partial charge in [0.2, 0.25) is 5.91 Å². The lowest BCUT2D eigenvalue weighted by atomic mass is 9.96. The minimum absolute atomic E-state index is 0.0325. The van der Waals surface area contributed by atoms with Crippen LogP contribution >= 0.6 is 11.3 Å². The van der Waals surface area contributed by atoms with Crippen molar-refractivity contribution >= 4 is 29.2 Å². The van der Waals surface area contributed by atoms with E-state index in [1.165, 1.54) is 11.3 Å². The van der Waals surface area contributed by atoms with Crippen LogP contribution in [-0.4, -0.2) is 65.5 Å². The quantitative estimate of drug-likeness (QED) is 0.789. The lowest BCUT2D eigenvalue weighted by Crippen LogP contribution is -2.53. The lowest BCUT2D eigenvalue weighted by Gasteiger charge is -2.36. The van der Waals surface area contributed by atoms with Crippen LogP contribution < -0.4 is 5.32 Å². The number of likely N-dealkylation sites (tertiary alicyclic amines) is 2. The molecule has 166 valence electrons. The highest BCUT2D eigenvalue weighted by atomic mass is 32.1. The Balaban J connectivity index is 1.54. The second kappa shape index (κ2) is 9.37. The van der Waals surface area contributed by atoms with Crippen LogP contribution in [0.25, 0.3) is 0 Å². The normalized spacial score (nSPS) is 22.5. The third-order valence-electron chi connectivity index (χ3n) is 5.56. The number of carbonyl (C=O) groups is 3. The molecule has 3 heterocycles. The van der Waals surface area contributed by atoms with Crippen molar-refractivity contribution in [2.45, 2.75) is 65.0 Å². The molecule has 8 heteroatoms. The van der Waals surface area contributed by atoms with Crippen LogP contribution in [0.1, 0.15) is 61.7 Å². The van der Waals surface area contributed by atoms with Crippen LogP contribution in [-0.2, 0) is 9.53 Å². The minimum Gasteiger partial charge on any atom is -0.444 e. The van der Waals surface area contributed by atoms with Gasteiger partial charge < -0.3 is 19.9 Å². The Morgan fingerprint density at radius 2 is 1.80 bits per heavy atom. The first-order valence-corrected chi connectivity index (χ1v) is 11.6. The third kappa shape index (κ3) is 5.74. The number of nitrogens with one attached hydrogen (secondary N) is 1. The Kier molecular flexibility index (Phi) is 7.06. The Morgan fingerprint density at radius 3 is 2.47 bits per heavy atom. The van der Waals surface area contributed by atoms with E-state index >= 15 is 0 Å². The number of hydrogen-bond donors (Lipinski definition) is 1. The zero-order valence-corrected chi connectivity index (χ0v) is 19.2. The molecule has 1 aromatic heterocycles. The molecule has 3 rings (SSSR count). The van der Waals surface area contributed by atoms with Crippen molar-refractivity contribution in [2.24, 2.45) is 5.92 Å².